The van der Waals surface area contributed by atoms with Crippen molar-refractivity contribution in [3.63, 3.8) is 0 Å². The Kier molecular flexibility index (Phi) is 26.6. The largest absolute Gasteiger partial charge is 0.354 e. The molecule has 230 valence electrons. The molecule has 0 fully saturated rings. The van der Waals surface area contributed by atoms with E-state index >= 15 is 0 Å². The molecule has 40 heavy (non-hydrogen) atoms. The van der Waals surface area contributed by atoms with E-state index in [0.29, 0.717) is 0 Å². The van der Waals surface area contributed by atoms with Crippen LogP contribution in [0.4, 0.5) is 0 Å². The summed E-state index contributed by atoms with van der Waals surface area (Å²) in [5, 5.41) is 2.25. The average molecular weight is 596 g/mol. The van der Waals surface area contributed by atoms with E-state index in [1.807, 2.05) is 0 Å². The van der Waals surface area contributed by atoms with E-state index in [2.05, 4.69) is 72.0 Å². The number of hydrogen-bond acceptors (Lipinski definition) is 2. The van der Waals surface area contributed by atoms with Gasteiger partial charge in [-0.3, -0.25) is 9.98 Å². The second kappa shape index (κ2) is 27.6. The van der Waals surface area contributed by atoms with E-state index in [-0.39, 0.29) is 24.8 Å². The number of aromatic nitrogens is 2. The average Bonchev–Trinajstić information content (AvgIpc) is 2.95. The van der Waals surface area contributed by atoms with Crippen molar-refractivity contribution >= 4 is 24.8 Å². The summed E-state index contributed by atoms with van der Waals surface area (Å²) in [5.41, 5.74) is 0. The van der Waals surface area contributed by atoms with Crippen LogP contribution in [-0.4, -0.2) is 22.2 Å². The Morgan fingerprint density at radius 2 is 0.725 bits per heavy atom. The monoisotopic (exact) mass is 594 g/mol. The van der Waals surface area contributed by atoms with Crippen LogP contribution in [0.1, 0.15) is 129 Å². The Bertz CT molecular complexity index is 833. The number of pyridine rings is 2. The van der Waals surface area contributed by atoms with Crippen molar-refractivity contribution in [1.29, 1.82) is 0 Å². The number of rotatable bonds is 23. The highest BCUT2D eigenvalue weighted by Gasteiger charge is 1.95. The summed E-state index contributed by atoms with van der Waals surface area (Å²) in [7, 11) is 0. The van der Waals surface area contributed by atoms with Crippen molar-refractivity contribution in [3.05, 3.63) is 59.8 Å². The molecule has 0 spiro atoms. The van der Waals surface area contributed by atoms with Crippen LogP contribution < -0.4 is 10.7 Å². The van der Waals surface area contributed by atoms with Gasteiger partial charge in [0.2, 0.25) is 0 Å². The minimum absolute atomic E-state index is 0. The number of aryl methyl sites for hydroxylation is 2. The van der Waals surface area contributed by atoms with Gasteiger partial charge < -0.3 is 9.13 Å². The number of unbranched alkanes of at least 4 members (excludes halogenated alkanes) is 15. The highest BCUT2D eigenvalue weighted by Crippen LogP contribution is 2.08. The van der Waals surface area contributed by atoms with Crippen LogP contribution >= 0.6 is 24.8 Å². The van der Waals surface area contributed by atoms with Gasteiger partial charge in [0, 0.05) is 51.0 Å². The maximum Gasteiger partial charge on any atom is 0.0603 e. The first kappa shape index (κ1) is 38.5. The Morgan fingerprint density at radius 1 is 0.425 bits per heavy atom. The molecule has 0 N–H and O–H groups in total. The van der Waals surface area contributed by atoms with Gasteiger partial charge in [-0.25, -0.2) is 0 Å². The highest BCUT2D eigenvalue weighted by molar-refractivity contribution is 5.85. The van der Waals surface area contributed by atoms with Crippen molar-refractivity contribution in [1.82, 2.24) is 9.13 Å². The molecule has 0 radical (unpaired) electrons. The summed E-state index contributed by atoms with van der Waals surface area (Å²) in [6.45, 7) is 8.68. The van der Waals surface area contributed by atoms with Crippen LogP contribution in [0, 0.1) is 0 Å². The van der Waals surface area contributed by atoms with Crippen molar-refractivity contribution in [3.8, 4) is 0 Å². The first-order valence-electron chi connectivity index (χ1n) is 16.1. The van der Waals surface area contributed by atoms with Crippen LogP contribution in [0.15, 0.2) is 59.0 Å². The lowest BCUT2D eigenvalue weighted by atomic mass is 10.1. The Balaban J connectivity index is 0.00000760. The van der Waals surface area contributed by atoms with Crippen molar-refractivity contribution in [2.45, 2.75) is 143 Å². The number of halogens is 2. The third-order valence-electron chi connectivity index (χ3n) is 7.44. The summed E-state index contributed by atoms with van der Waals surface area (Å²) in [4.78, 5) is 9.50. The van der Waals surface area contributed by atoms with E-state index in [1.54, 1.807) is 0 Å². The van der Waals surface area contributed by atoms with Crippen LogP contribution in [0.2, 0.25) is 0 Å². The summed E-state index contributed by atoms with van der Waals surface area (Å²) >= 11 is 0. The minimum atomic E-state index is 0. The zero-order chi connectivity index (χ0) is 26.9. The van der Waals surface area contributed by atoms with Crippen LogP contribution in [-0.2, 0) is 13.1 Å². The molecule has 0 bridgehead atoms. The first-order chi connectivity index (χ1) is 18.8. The maximum atomic E-state index is 4.75. The lowest BCUT2D eigenvalue weighted by Gasteiger charge is -2.08. The molecule has 0 unspecified atom stereocenters. The van der Waals surface area contributed by atoms with Gasteiger partial charge in [-0.2, -0.15) is 0 Å². The molecular formula is C34H60Cl2N4. The number of hydrogen-bond donors (Lipinski definition) is 0. The lowest BCUT2D eigenvalue weighted by molar-refractivity contribution is 0.537. The third kappa shape index (κ3) is 20.4. The molecule has 6 heteroatoms. The summed E-state index contributed by atoms with van der Waals surface area (Å²) in [6, 6.07) is 8.68. The first-order valence-corrected chi connectivity index (χ1v) is 16.1. The molecule has 0 saturated heterocycles. The standard InChI is InChI=1S/C34H58N4.2ClH/c1-3-5-7-9-11-13-17-25-35-33-21-29-37(30-22-33)27-19-15-16-20-28-38-31-23-34(24-32-38)36-26-18-14-12-10-8-6-4-2;;/h21-24,29-32H,3-20,25-28H2,1-2H3;2*1H. The molecule has 0 aliphatic rings. The van der Waals surface area contributed by atoms with E-state index in [0.717, 1.165) is 36.9 Å². The van der Waals surface area contributed by atoms with Crippen LogP contribution in [0.5, 0.6) is 0 Å². The van der Waals surface area contributed by atoms with Crippen molar-refractivity contribution in [2.75, 3.05) is 13.1 Å². The summed E-state index contributed by atoms with van der Waals surface area (Å²) < 4.78 is 4.60. The predicted octanol–water partition coefficient (Wildman–Crippen LogP) is 9.70. The smallest absolute Gasteiger partial charge is 0.0603 e. The zero-order valence-corrected chi connectivity index (χ0v) is 27.4. The lowest BCUT2D eigenvalue weighted by Crippen LogP contribution is -2.07. The maximum absolute atomic E-state index is 4.75. The molecule has 0 aliphatic carbocycles. The van der Waals surface area contributed by atoms with Gasteiger partial charge in [-0.1, -0.05) is 104 Å². The fourth-order valence-corrected chi connectivity index (χ4v) is 4.90. The molecule has 0 atom stereocenters. The van der Waals surface area contributed by atoms with E-state index in [9.17, 15) is 0 Å². The van der Waals surface area contributed by atoms with Gasteiger partial charge in [-0.05, 0) is 49.9 Å². The molecular weight excluding hydrogens is 535 g/mol. The highest BCUT2D eigenvalue weighted by atomic mass is 35.5. The topological polar surface area (TPSA) is 34.6 Å². The third-order valence-corrected chi connectivity index (χ3v) is 7.44. The Labute approximate surface area is 258 Å². The van der Waals surface area contributed by atoms with Crippen molar-refractivity contribution < 1.29 is 0 Å². The normalized spacial score (nSPS) is 10.6. The van der Waals surface area contributed by atoms with Gasteiger partial charge >= 0.3 is 0 Å². The fraction of sp³-hybridized carbons (Fsp3) is 0.706. The molecule has 2 aromatic heterocycles. The summed E-state index contributed by atoms with van der Waals surface area (Å²) in [6.07, 6.45) is 32.6. The molecule has 0 aromatic carbocycles. The Hall–Kier alpha value is -1.52. The van der Waals surface area contributed by atoms with Gasteiger partial charge in [-0.15, -0.1) is 24.8 Å². The van der Waals surface area contributed by atoms with E-state index in [1.165, 1.54) is 116 Å². The second-order valence-corrected chi connectivity index (χ2v) is 11.0. The Morgan fingerprint density at radius 3 is 1.07 bits per heavy atom. The van der Waals surface area contributed by atoms with Gasteiger partial charge in [0.1, 0.15) is 0 Å². The SMILES string of the molecule is CCCCCCCCCN=c1ccn(CCCCCCn2ccc(=NCCCCCCCCC)cc2)cc1.Cl.Cl. The van der Waals surface area contributed by atoms with Crippen molar-refractivity contribution in [2.24, 2.45) is 9.98 Å². The molecule has 2 heterocycles. The van der Waals surface area contributed by atoms with E-state index < -0.39 is 0 Å². The molecule has 2 rings (SSSR count). The van der Waals surface area contributed by atoms with Gasteiger partial charge in [0.15, 0.2) is 0 Å². The van der Waals surface area contributed by atoms with Crippen LogP contribution in [0.25, 0.3) is 0 Å². The molecule has 0 saturated carbocycles. The van der Waals surface area contributed by atoms with Gasteiger partial charge in [0.25, 0.3) is 0 Å². The quantitative estimate of drug-likeness (QED) is 0.115. The van der Waals surface area contributed by atoms with E-state index in [4.69, 9.17) is 9.98 Å². The second-order valence-electron chi connectivity index (χ2n) is 11.0. The molecule has 0 aliphatic heterocycles. The summed E-state index contributed by atoms with van der Waals surface area (Å²) in [5.74, 6) is 0. The molecule has 2 aromatic rings. The fourth-order valence-electron chi connectivity index (χ4n) is 4.90. The molecule has 4 nitrogen and oxygen atoms in total. The molecule has 0 amide bonds. The van der Waals surface area contributed by atoms with Gasteiger partial charge in [0.05, 0.1) is 10.7 Å². The zero-order valence-electron chi connectivity index (χ0n) is 25.8. The predicted molar refractivity (Wildman–Crippen MR) is 179 cm³/mol. The number of nitrogens with zero attached hydrogens (tertiary/aromatic N) is 4. The minimum Gasteiger partial charge on any atom is -0.354 e. The van der Waals surface area contributed by atoms with Crippen LogP contribution in [0.3, 0.4) is 0 Å².